The summed E-state index contributed by atoms with van der Waals surface area (Å²) in [4.78, 5) is 24.3. The fraction of sp³-hybridized carbons (Fsp3) is 0.333. The van der Waals surface area contributed by atoms with Crippen LogP contribution in [0.3, 0.4) is 0 Å². The van der Waals surface area contributed by atoms with Crippen molar-refractivity contribution in [3.8, 4) is 5.75 Å². The molecule has 0 aliphatic heterocycles. The van der Waals surface area contributed by atoms with E-state index >= 15 is 0 Å². The molecule has 0 fully saturated rings. The molecule has 0 aliphatic carbocycles. The Labute approximate surface area is 110 Å². The number of carbonyl (C=O) groups excluding carboxylic acids is 2. The molecule has 1 rings (SSSR count). The van der Waals surface area contributed by atoms with Crippen molar-refractivity contribution in [1.29, 1.82) is 0 Å². The number of carbonyl (C=O) groups is 2. The van der Waals surface area contributed by atoms with E-state index in [0.29, 0.717) is 10.7 Å². The molecule has 0 atom stereocenters. The third kappa shape index (κ3) is 3.13. The predicted molar refractivity (Wildman–Crippen MR) is 68.4 cm³/mol. The highest BCUT2D eigenvalue weighted by Gasteiger charge is 2.18. The fourth-order valence-corrected chi connectivity index (χ4v) is 1.73. The van der Waals surface area contributed by atoms with Gasteiger partial charge in [0.25, 0.3) is 0 Å². The molecule has 0 saturated heterocycles. The van der Waals surface area contributed by atoms with E-state index in [4.69, 9.17) is 16.3 Å². The summed E-state index contributed by atoms with van der Waals surface area (Å²) < 4.78 is 9.60. The summed E-state index contributed by atoms with van der Waals surface area (Å²) >= 11 is 6.04. The average Bonchev–Trinajstić information content (AvgIpc) is 2.28. The molecule has 0 spiro atoms. The van der Waals surface area contributed by atoms with Crippen molar-refractivity contribution in [3.63, 3.8) is 0 Å². The Morgan fingerprint density at radius 3 is 2.33 bits per heavy atom. The zero-order chi connectivity index (χ0) is 13.9. The van der Waals surface area contributed by atoms with Gasteiger partial charge in [0.2, 0.25) is 0 Å². The lowest BCUT2D eigenvalue weighted by atomic mass is 10.1. The van der Waals surface area contributed by atoms with Gasteiger partial charge < -0.3 is 14.4 Å². The maximum atomic E-state index is 11.6. The molecule has 0 bridgehead atoms. The second-order valence-electron chi connectivity index (χ2n) is 3.78. The second-order valence-corrected chi connectivity index (χ2v) is 4.19. The van der Waals surface area contributed by atoms with E-state index in [1.165, 1.54) is 26.2 Å². The molecule has 1 aromatic rings. The molecule has 0 heterocycles. The number of hydrogen-bond acceptors (Lipinski definition) is 5. The number of halogens is 1. The second kappa shape index (κ2) is 5.73. The summed E-state index contributed by atoms with van der Waals surface area (Å²) in [5, 5.41) is 0.372. The number of hydrogen-bond donors (Lipinski definition) is 0. The first kappa shape index (κ1) is 14.3. The Balaban J connectivity index is 3.36. The minimum Gasteiger partial charge on any atom is -0.465 e. The zero-order valence-corrected chi connectivity index (χ0v) is 11.4. The first-order valence-electron chi connectivity index (χ1n) is 5.14. The van der Waals surface area contributed by atoms with Gasteiger partial charge in [0.15, 0.2) is 0 Å². The lowest BCUT2D eigenvalue weighted by molar-refractivity contribution is -0.131. The van der Waals surface area contributed by atoms with Crippen LogP contribution in [0.15, 0.2) is 12.1 Å². The molecule has 0 saturated carbocycles. The number of benzene rings is 1. The molecule has 0 amide bonds. The summed E-state index contributed by atoms with van der Waals surface area (Å²) in [6, 6.07) is 2.94. The van der Waals surface area contributed by atoms with Crippen LogP contribution < -0.4 is 9.64 Å². The van der Waals surface area contributed by atoms with Crippen molar-refractivity contribution >= 4 is 29.2 Å². The van der Waals surface area contributed by atoms with Crippen LogP contribution in [0.1, 0.15) is 17.3 Å². The number of ether oxygens (including phenoxy) is 2. The SMILES string of the molecule is COC(=O)c1cc(Cl)c(N(C)C)cc1OC(C)=O. The van der Waals surface area contributed by atoms with E-state index in [0.717, 1.165) is 0 Å². The van der Waals surface area contributed by atoms with Crippen LogP contribution >= 0.6 is 11.6 Å². The molecule has 5 nitrogen and oxygen atoms in total. The van der Waals surface area contributed by atoms with E-state index in [-0.39, 0.29) is 11.3 Å². The van der Waals surface area contributed by atoms with Gasteiger partial charge in [-0.3, -0.25) is 4.79 Å². The van der Waals surface area contributed by atoms with Crippen LogP contribution in [-0.4, -0.2) is 33.1 Å². The molecule has 0 unspecified atom stereocenters. The lowest BCUT2D eigenvalue weighted by Gasteiger charge is -2.17. The molecule has 1 aromatic carbocycles. The van der Waals surface area contributed by atoms with E-state index in [1.54, 1.807) is 19.0 Å². The third-order valence-corrected chi connectivity index (χ3v) is 2.49. The Bertz CT molecular complexity index is 485. The van der Waals surface area contributed by atoms with Crippen LogP contribution in [0.25, 0.3) is 0 Å². The Hall–Kier alpha value is -1.75. The standard InChI is InChI=1S/C12H14ClNO4/c1-7(15)18-11-6-10(14(2)3)9(13)5-8(11)12(16)17-4/h5-6H,1-4H3. The van der Waals surface area contributed by atoms with Gasteiger partial charge in [-0.15, -0.1) is 0 Å². The van der Waals surface area contributed by atoms with E-state index < -0.39 is 11.9 Å². The molecule has 0 aliphatic rings. The van der Waals surface area contributed by atoms with Crippen molar-refractivity contribution < 1.29 is 19.1 Å². The number of methoxy groups -OCH3 is 1. The Morgan fingerprint density at radius 1 is 1.28 bits per heavy atom. The van der Waals surface area contributed by atoms with Gasteiger partial charge in [-0.25, -0.2) is 4.79 Å². The average molecular weight is 272 g/mol. The third-order valence-electron chi connectivity index (χ3n) is 2.19. The normalized spacial score (nSPS) is 9.83. The number of nitrogens with zero attached hydrogens (tertiary/aromatic N) is 1. The van der Waals surface area contributed by atoms with Gasteiger partial charge in [0.1, 0.15) is 11.3 Å². The molecule has 0 radical (unpaired) electrons. The topological polar surface area (TPSA) is 55.8 Å². The van der Waals surface area contributed by atoms with Gasteiger partial charge in [0.05, 0.1) is 17.8 Å². The summed E-state index contributed by atoms with van der Waals surface area (Å²) in [7, 11) is 4.82. The molecule has 0 aromatic heterocycles. The summed E-state index contributed by atoms with van der Waals surface area (Å²) in [5.74, 6) is -1.01. The van der Waals surface area contributed by atoms with E-state index in [1.807, 2.05) is 0 Å². The van der Waals surface area contributed by atoms with Crippen LogP contribution in [0, 0.1) is 0 Å². The lowest BCUT2D eigenvalue weighted by Crippen LogP contribution is -2.13. The predicted octanol–water partition coefficient (Wildman–Crippen LogP) is 2.12. The highest BCUT2D eigenvalue weighted by Crippen LogP contribution is 2.33. The molecular weight excluding hydrogens is 258 g/mol. The molecular formula is C12H14ClNO4. The van der Waals surface area contributed by atoms with Gasteiger partial charge in [-0.1, -0.05) is 11.6 Å². The smallest absolute Gasteiger partial charge is 0.341 e. The number of rotatable bonds is 3. The summed E-state index contributed by atoms with van der Waals surface area (Å²) in [5.41, 5.74) is 0.754. The largest absolute Gasteiger partial charge is 0.465 e. The summed E-state index contributed by atoms with van der Waals surface area (Å²) in [6.45, 7) is 1.25. The minimum atomic E-state index is -0.613. The van der Waals surface area contributed by atoms with Gasteiger partial charge in [-0.05, 0) is 6.07 Å². The van der Waals surface area contributed by atoms with Crippen molar-refractivity contribution in [3.05, 3.63) is 22.7 Å². The quantitative estimate of drug-likeness (QED) is 0.623. The minimum absolute atomic E-state index is 0.114. The highest BCUT2D eigenvalue weighted by molar-refractivity contribution is 6.33. The first-order valence-corrected chi connectivity index (χ1v) is 5.52. The van der Waals surface area contributed by atoms with E-state index in [9.17, 15) is 9.59 Å². The summed E-state index contributed by atoms with van der Waals surface area (Å²) in [6.07, 6.45) is 0. The van der Waals surface area contributed by atoms with Crippen molar-refractivity contribution in [2.75, 3.05) is 26.1 Å². The van der Waals surface area contributed by atoms with Crippen LogP contribution in [0.5, 0.6) is 5.75 Å². The Morgan fingerprint density at radius 2 is 1.89 bits per heavy atom. The van der Waals surface area contributed by atoms with Crippen molar-refractivity contribution in [2.24, 2.45) is 0 Å². The maximum Gasteiger partial charge on any atom is 0.341 e. The van der Waals surface area contributed by atoms with Crippen molar-refractivity contribution in [2.45, 2.75) is 6.92 Å². The molecule has 18 heavy (non-hydrogen) atoms. The number of esters is 2. The highest BCUT2D eigenvalue weighted by atomic mass is 35.5. The van der Waals surface area contributed by atoms with Gasteiger partial charge >= 0.3 is 11.9 Å². The van der Waals surface area contributed by atoms with Crippen LogP contribution in [-0.2, 0) is 9.53 Å². The van der Waals surface area contributed by atoms with Crippen molar-refractivity contribution in [1.82, 2.24) is 0 Å². The first-order chi connectivity index (χ1) is 8.36. The zero-order valence-electron chi connectivity index (χ0n) is 10.6. The Kier molecular flexibility index (Phi) is 4.55. The monoisotopic (exact) mass is 271 g/mol. The molecule has 98 valence electrons. The van der Waals surface area contributed by atoms with Gasteiger partial charge in [0, 0.05) is 27.1 Å². The maximum absolute atomic E-state index is 11.6. The van der Waals surface area contributed by atoms with Gasteiger partial charge in [-0.2, -0.15) is 0 Å². The van der Waals surface area contributed by atoms with Crippen LogP contribution in [0.2, 0.25) is 5.02 Å². The fourth-order valence-electron chi connectivity index (χ4n) is 1.39. The van der Waals surface area contributed by atoms with E-state index in [2.05, 4.69) is 4.74 Å². The molecule has 0 N–H and O–H groups in total. The molecule has 6 heteroatoms. The number of anilines is 1. The van der Waals surface area contributed by atoms with Crippen LogP contribution in [0.4, 0.5) is 5.69 Å².